The van der Waals surface area contributed by atoms with Gasteiger partial charge in [0, 0.05) is 36.1 Å². The van der Waals surface area contributed by atoms with Crippen LogP contribution in [0.25, 0.3) is 6.08 Å². The molecule has 2 bridgehead atoms. The second-order valence-electron chi connectivity index (χ2n) is 9.70. The Kier molecular flexibility index (Phi) is 9.85. The number of hydrogen-bond acceptors (Lipinski definition) is 7. The summed E-state index contributed by atoms with van der Waals surface area (Å²) in [6.45, 7) is 7.21. The van der Waals surface area contributed by atoms with Gasteiger partial charge in [-0.3, -0.25) is 9.59 Å². The number of anilines is 1. The third-order valence-electron chi connectivity index (χ3n) is 6.19. The summed E-state index contributed by atoms with van der Waals surface area (Å²) in [6, 6.07) is 2.85. The highest BCUT2D eigenvalue weighted by Gasteiger charge is 2.22. The van der Waals surface area contributed by atoms with Crippen LogP contribution in [-0.2, 0) is 19.1 Å². The Morgan fingerprint density at radius 1 is 1.16 bits per heavy atom. The Hall–Kier alpha value is -3.91. The number of benzene rings is 1. The minimum atomic E-state index is -1.08. The van der Waals surface area contributed by atoms with Crippen molar-refractivity contribution in [3.8, 4) is 11.5 Å². The van der Waals surface area contributed by atoms with Crippen LogP contribution >= 0.6 is 0 Å². The van der Waals surface area contributed by atoms with Gasteiger partial charge in [-0.15, -0.1) is 0 Å². The molecule has 2 aliphatic rings. The summed E-state index contributed by atoms with van der Waals surface area (Å²) >= 11 is 0. The number of phenols is 1. The van der Waals surface area contributed by atoms with Gasteiger partial charge in [0.25, 0.3) is 0 Å². The Labute approximate surface area is 223 Å². The molecule has 2 heterocycles. The van der Waals surface area contributed by atoms with Crippen molar-refractivity contribution in [3.63, 3.8) is 0 Å². The molecule has 0 spiro atoms. The summed E-state index contributed by atoms with van der Waals surface area (Å²) in [5.74, 6) is -0.637. The summed E-state index contributed by atoms with van der Waals surface area (Å²) in [6.07, 6.45) is 10.7. The number of aliphatic hydroxyl groups is 1. The maximum absolute atomic E-state index is 12.7. The third-order valence-corrected chi connectivity index (χ3v) is 6.19. The van der Waals surface area contributed by atoms with E-state index in [-0.39, 0.29) is 41.6 Å². The maximum atomic E-state index is 12.7. The fourth-order valence-electron chi connectivity index (χ4n) is 4.02. The molecule has 3 unspecified atom stereocenters. The van der Waals surface area contributed by atoms with Crippen molar-refractivity contribution >= 4 is 29.4 Å². The second-order valence-corrected chi connectivity index (χ2v) is 9.70. The number of nitrogens with one attached hydrogen (secondary N) is 1. The molecule has 1 amide bonds. The number of allylic oxidation sites excluding steroid dienone is 4. The molecular formula is C30H35NO7. The number of carbonyl (C=O) groups is 3. The van der Waals surface area contributed by atoms with Crippen molar-refractivity contribution in [2.24, 2.45) is 5.92 Å². The van der Waals surface area contributed by atoms with Crippen LogP contribution in [0.15, 0.2) is 65.5 Å². The molecule has 1 aromatic carbocycles. The minimum absolute atomic E-state index is 0.0376. The van der Waals surface area contributed by atoms with Crippen molar-refractivity contribution in [1.29, 1.82) is 0 Å². The van der Waals surface area contributed by atoms with E-state index in [1.54, 1.807) is 24.3 Å². The van der Waals surface area contributed by atoms with Crippen molar-refractivity contribution < 1.29 is 34.1 Å². The van der Waals surface area contributed by atoms with E-state index >= 15 is 0 Å². The van der Waals surface area contributed by atoms with E-state index in [4.69, 9.17) is 9.47 Å². The summed E-state index contributed by atoms with van der Waals surface area (Å²) in [4.78, 5) is 38.1. The molecule has 3 atom stereocenters. The molecule has 8 heteroatoms. The Bertz CT molecular complexity index is 1230. The molecule has 202 valence electrons. The predicted molar refractivity (Wildman–Crippen MR) is 145 cm³/mol. The van der Waals surface area contributed by atoms with Gasteiger partial charge in [-0.2, -0.15) is 0 Å². The summed E-state index contributed by atoms with van der Waals surface area (Å²) in [7, 11) is 0. The molecule has 38 heavy (non-hydrogen) atoms. The standard InChI is InChI=1S/C30H35NO7/c1-5-20-7-10-22(32)16-24-11-9-21-15-23(33)17-25(29(21)37-24)31-28(35)13-6-19(4)30(36)38-27(14-18(2)3)26(34)12-8-20/h6,8-9,11-12,14-17,20,26-27,33-34H,5,7,10,13H2,1-4H3,(H,31,35). The molecule has 3 rings (SSSR count). The molecule has 0 saturated carbocycles. The van der Waals surface area contributed by atoms with E-state index in [1.807, 2.05) is 26.8 Å². The van der Waals surface area contributed by atoms with Crippen molar-refractivity contribution in [2.45, 2.75) is 65.6 Å². The number of aliphatic hydroxyl groups excluding tert-OH is 1. The second kappa shape index (κ2) is 13.1. The average Bonchev–Trinajstić information content (AvgIpc) is 2.86. The Morgan fingerprint density at radius 3 is 2.63 bits per heavy atom. The number of amides is 1. The predicted octanol–water partition coefficient (Wildman–Crippen LogP) is 5.14. The topological polar surface area (TPSA) is 122 Å². The van der Waals surface area contributed by atoms with E-state index in [0.29, 0.717) is 23.5 Å². The molecule has 0 fully saturated rings. The lowest BCUT2D eigenvalue weighted by Crippen LogP contribution is -2.29. The highest BCUT2D eigenvalue weighted by Crippen LogP contribution is 2.38. The van der Waals surface area contributed by atoms with Gasteiger partial charge in [0.15, 0.2) is 11.5 Å². The fourth-order valence-corrected chi connectivity index (χ4v) is 4.02. The lowest BCUT2D eigenvalue weighted by Gasteiger charge is -2.20. The normalized spacial score (nSPS) is 22.9. The zero-order valence-electron chi connectivity index (χ0n) is 22.2. The van der Waals surface area contributed by atoms with Crippen LogP contribution in [-0.4, -0.2) is 40.1 Å². The number of rotatable bonds is 2. The number of fused-ring (bicyclic) bond motifs is 1. The first-order valence-electron chi connectivity index (χ1n) is 12.7. The quantitative estimate of drug-likeness (QED) is 0.364. The zero-order valence-corrected chi connectivity index (χ0v) is 22.2. The van der Waals surface area contributed by atoms with Gasteiger partial charge in [-0.25, -0.2) is 4.79 Å². The van der Waals surface area contributed by atoms with Gasteiger partial charge in [0.1, 0.15) is 23.7 Å². The first-order valence-corrected chi connectivity index (χ1v) is 12.7. The zero-order chi connectivity index (χ0) is 27.8. The Morgan fingerprint density at radius 2 is 1.92 bits per heavy atom. The van der Waals surface area contributed by atoms with Crippen LogP contribution in [0.1, 0.15) is 58.9 Å². The van der Waals surface area contributed by atoms with E-state index in [1.165, 1.54) is 31.2 Å². The van der Waals surface area contributed by atoms with Crippen LogP contribution in [0.3, 0.4) is 0 Å². The Balaban J connectivity index is 1.96. The number of aromatic hydroxyl groups is 1. The molecular weight excluding hydrogens is 486 g/mol. The number of carbonyl (C=O) groups excluding carboxylic acids is 3. The van der Waals surface area contributed by atoms with Gasteiger partial charge in [0.05, 0.1) is 5.69 Å². The summed E-state index contributed by atoms with van der Waals surface area (Å²) < 4.78 is 11.5. The average molecular weight is 522 g/mol. The van der Waals surface area contributed by atoms with E-state index in [9.17, 15) is 24.6 Å². The molecule has 3 N–H and O–H groups in total. The van der Waals surface area contributed by atoms with Crippen LogP contribution in [0.5, 0.6) is 11.5 Å². The SMILES string of the molecule is CCC1C=CC(O)C(C=C(C)C)OC(=O)C(C)=CCC(=O)Nc2cc(O)cc3c2OC(=CC(=O)CC1)C=C3. The van der Waals surface area contributed by atoms with Gasteiger partial charge in [-0.1, -0.05) is 30.7 Å². The lowest BCUT2D eigenvalue weighted by molar-refractivity contribution is -0.145. The number of phenolic OH excluding ortho intramolecular Hbond substituents is 1. The molecule has 8 nitrogen and oxygen atoms in total. The molecule has 0 aliphatic carbocycles. The van der Waals surface area contributed by atoms with Crippen molar-refractivity contribution in [2.75, 3.05) is 5.32 Å². The third kappa shape index (κ3) is 8.05. The van der Waals surface area contributed by atoms with Crippen LogP contribution < -0.4 is 10.1 Å². The molecule has 0 radical (unpaired) electrons. The van der Waals surface area contributed by atoms with E-state index in [2.05, 4.69) is 5.32 Å². The molecule has 0 aromatic heterocycles. The van der Waals surface area contributed by atoms with Gasteiger partial charge in [0.2, 0.25) is 5.91 Å². The van der Waals surface area contributed by atoms with Crippen LogP contribution in [0.4, 0.5) is 5.69 Å². The van der Waals surface area contributed by atoms with Crippen LogP contribution in [0, 0.1) is 5.92 Å². The smallest absolute Gasteiger partial charge is 0.334 e. The number of esters is 1. The largest absolute Gasteiger partial charge is 0.508 e. The monoisotopic (exact) mass is 521 g/mol. The first-order chi connectivity index (χ1) is 18.0. The highest BCUT2D eigenvalue weighted by atomic mass is 16.6. The molecule has 1 aromatic rings. The number of ketones is 1. The van der Waals surface area contributed by atoms with Crippen molar-refractivity contribution in [1.82, 2.24) is 0 Å². The van der Waals surface area contributed by atoms with Gasteiger partial charge >= 0.3 is 5.97 Å². The number of ether oxygens (including phenoxy) is 2. The number of cyclic esters (lactones) is 1. The number of hydrogen-bond donors (Lipinski definition) is 3. The fraction of sp³-hybridized carbons (Fsp3) is 0.367. The maximum Gasteiger partial charge on any atom is 0.334 e. The van der Waals surface area contributed by atoms with Crippen molar-refractivity contribution in [3.05, 3.63) is 71.1 Å². The lowest BCUT2D eigenvalue weighted by atomic mass is 9.96. The summed E-state index contributed by atoms with van der Waals surface area (Å²) in [5, 5.41) is 23.6. The van der Waals surface area contributed by atoms with Gasteiger partial charge in [-0.05, 0) is 63.8 Å². The van der Waals surface area contributed by atoms with E-state index < -0.39 is 24.1 Å². The molecule has 0 saturated heterocycles. The minimum Gasteiger partial charge on any atom is -0.508 e. The summed E-state index contributed by atoms with van der Waals surface area (Å²) in [5.41, 5.74) is 1.86. The first kappa shape index (κ1) is 28.7. The van der Waals surface area contributed by atoms with Crippen LogP contribution in [0.2, 0.25) is 0 Å². The van der Waals surface area contributed by atoms with Gasteiger partial charge < -0.3 is 25.0 Å². The van der Waals surface area contributed by atoms with E-state index in [0.717, 1.165) is 12.0 Å². The molecule has 2 aliphatic heterocycles. The highest BCUT2D eigenvalue weighted by molar-refractivity contribution is 5.96.